The van der Waals surface area contributed by atoms with Crippen molar-refractivity contribution in [3.8, 4) is 0 Å². The minimum absolute atomic E-state index is 0.310. The number of fused-ring (bicyclic) bond motifs is 4. The number of benzene rings is 1. The molecule has 2 saturated heterocycles. The van der Waals surface area contributed by atoms with Crippen LogP contribution in [0, 0.1) is 5.92 Å². The Labute approximate surface area is 164 Å². The lowest BCUT2D eigenvalue weighted by atomic mass is 9.60. The zero-order chi connectivity index (χ0) is 18.4. The van der Waals surface area contributed by atoms with Gasteiger partial charge in [0.05, 0.1) is 6.04 Å². The SMILES string of the molecule is CN1C(=O)C[C@@H]2CC3(CCN(C4CCCCCC4)CC3)c3ccccc3C21. The van der Waals surface area contributed by atoms with Gasteiger partial charge in [-0.1, -0.05) is 49.9 Å². The van der Waals surface area contributed by atoms with Crippen LogP contribution in [0.5, 0.6) is 0 Å². The average molecular weight is 367 g/mol. The topological polar surface area (TPSA) is 23.6 Å². The van der Waals surface area contributed by atoms with Crippen LogP contribution in [0.15, 0.2) is 24.3 Å². The van der Waals surface area contributed by atoms with Crippen LogP contribution in [0.2, 0.25) is 0 Å². The molecule has 5 rings (SSSR count). The third kappa shape index (κ3) is 2.93. The second kappa shape index (κ2) is 6.92. The molecule has 0 bridgehead atoms. The minimum atomic E-state index is 0.310. The first-order valence-corrected chi connectivity index (χ1v) is 11.3. The van der Waals surface area contributed by atoms with Crippen molar-refractivity contribution in [1.82, 2.24) is 9.80 Å². The molecule has 0 radical (unpaired) electrons. The Hall–Kier alpha value is -1.35. The van der Waals surface area contributed by atoms with Gasteiger partial charge in [0.2, 0.25) is 5.91 Å². The number of amides is 1. The van der Waals surface area contributed by atoms with E-state index in [1.807, 2.05) is 11.9 Å². The first kappa shape index (κ1) is 17.7. The van der Waals surface area contributed by atoms with E-state index < -0.39 is 0 Å². The molecule has 4 aliphatic rings. The van der Waals surface area contributed by atoms with Gasteiger partial charge >= 0.3 is 0 Å². The van der Waals surface area contributed by atoms with Crippen molar-refractivity contribution >= 4 is 5.91 Å². The maximum Gasteiger partial charge on any atom is 0.223 e. The maximum absolute atomic E-state index is 12.4. The minimum Gasteiger partial charge on any atom is -0.338 e. The van der Waals surface area contributed by atoms with Crippen molar-refractivity contribution in [2.45, 2.75) is 81.7 Å². The number of hydrogen-bond acceptors (Lipinski definition) is 2. The molecule has 2 aliphatic heterocycles. The fraction of sp³-hybridized carbons (Fsp3) is 0.708. The summed E-state index contributed by atoms with van der Waals surface area (Å²) in [4.78, 5) is 17.3. The highest BCUT2D eigenvalue weighted by Gasteiger charge is 2.51. The lowest BCUT2D eigenvalue weighted by molar-refractivity contribution is -0.127. The molecule has 0 aromatic heterocycles. The summed E-state index contributed by atoms with van der Waals surface area (Å²) in [5, 5.41) is 0. The number of carbonyl (C=O) groups is 1. The molecule has 2 aliphatic carbocycles. The average Bonchev–Trinajstić information content (AvgIpc) is 2.87. The lowest BCUT2D eigenvalue weighted by Gasteiger charge is -2.50. The molecule has 2 atom stereocenters. The molecular weight excluding hydrogens is 332 g/mol. The summed E-state index contributed by atoms with van der Waals surface area (Å²) >= 11 is 0. The quantitative estimate of drug-likeness (QED) is 0.675. The van der Waals surface area contributed by atoms with Gasteiger partial charge in [0.15, 0.2) is 0 Å². The molecule has 1 aromatic rings. The highest BCUT2D eigenvalue weighted by molar-refractivity contribution is 5.80. The lowest BCUT2D eigenvalue weighted by Crippen LogP contribution is -2.49. The predicted molar refractivity (Wildman–Crippen MR) is 109 cm³/mol. The van der Waals surface area contributed by atoms with Crippen molar-refractivity contribution in [1.29, 1.82) is 0 Å². The smallest absolute Gasteiger partial charge is 0.223 e. The molecule has 27 heavy (non-hydrogen) atoms. The van der Waals surface area contributed by atoms with E-state index >= 15 is 0 Å². The molecular formula is C24H34N2O. The second-order valence-corrected chi connectivity index (χ2v) is 9.67. The van der Waals surface area contributed by atoms with Crippen molar-refractivity contribution in [3.05, 3.63) is 35.4 Å². The molecule has 2 heterocycles. The largest absolute Gasteiger partial charge is 0.338 e. The van der Waals surface area contributed by atoms with Gasteiger partial charge in [0.1, 0.15) is 0 Å². The number of piperidine rings is 1. The van der Waals surface area contributed by atoms with Crippen molar-refractivity contribution in [2.24, 2.45) is 5.92 Å². The van der Waals surface area contributed by atoms with E-state index in [1.54, 1.807) is 5.56 Å². The van der Waals surface area contributed by atoms with Crippen molar-refractivity contribution in [3.63, 3.8) is 0 Å². The summed E-state index contributed by atoms with van der Waals surface area (Å²) in [6.07, 6.45) is 13.1. The van der Waals surface area contributed by atoms with E-state index in [1.165, 1.54) is 76.4 Å². The third-order valence-electron chi connectivity index (χ3n) is 8.29. The fourth-order valence-electron chi connectivity index (χ4n) is 6.86. The van der Waals surface area contributed by atoms with Crippen LogP contribution in [0.4, 0.5) is 0 Å². The monoisotopic (exact) mass is 366 g/mol. The van der Waals surface area contributed by atoms with E-state index in [9.17, 15) is 4.79 Å². The van der Waals surface area contributed by atoms with Gasteiger partial charge in [-0.2, -0.15) is 0 Å². The zero-order valence-corrected chi connectivity index (χ0v) is 16.8. The van der Waals surface area contributed by atoms with E-state index in [0.717, 1.165) is 12.5 Å². The van der Waals surface area contributed by atoms with Crippen LogP contribution in [0.3, 0.4) is 0 Å². The van der Waals surface area contributed by atoms with Crippen LogP contribution in [0.1, 0.15) is 81.4 Å². The third-order valence-corrected chi connectivity index (χ3v) is 8.29. The molecule has 3 nitrogen and oxygen atoms in total. The van der Waals surface area contributed by atoms with Crippen molar-refractivity contribution < 1.29 is 4.79 Å². The molecule has 146 valence electrons. The Balaban J connectivity index is 1.40. The number of hydrogen-bond donors (Lipinski definition) is 0. The van der Waals surface area contributed by atoms with Crippen LogP contribution in [0.25, 0.3) is 0 Å². The first-order chi connectivity index (χ1) is 13.2. The number of nitrogens with zero attached hydrogens (tertiary/aromatic N) is 2. The summed E-state index contributed by atoms with van der Waals surface area (Å²) in [5.74, 6) is 0.856. The molecule has 1 amide bonds. The van der Waals surface area contributed by atoms with Crippen LogP contribution in [-0.2, 0) is 10.2 Å². The normalized spacial score (nSPS) is 31.6. The van der Waals surface area contributed by atoms with Gasteiger partial charge in [0.25, 0.3) is 0 Å². The van der Waals surface area contributed by atoms with Gasteiger partial charge < -0.3 is 9.80 Å². The molecule has 1 saturated carbocycles. The summed E-state index contributed by atoms with van der Waals surface area (Å²) in [6, 6.07) is 10.2. The van der Waals surface area contributed by atoms with Gasteiger partial charge in [-0.3, -0.25) is 4.79 Å². The molecule has 1 unspecified atom stereocenters. The molecule has 3 heteroatoms. The summed E-state index contributed by atoms with van der Waals surface area (Å²) < 4.78 is 0. The Morgan fingerprint density at radius 1 is 1.00 bits per heavy atom. The Morgan fingerprint density at radius 2 is 1.70 bits per heavy atom. The predicted octanol–water partition coefficient (Wildman–Crippen LogP) is 4.67. The fourth-order valence-corrected chi connectivity index (χ4v) is 6.86. The Morgan fingerprint density at radius 3 is 2.44 bits per heavy atom. The van der Waals surface area contributed by atoms with Gasteiger partial charge in [-0.05, 0) is 67.7 Å². The Kier molecular flexibility index (Phi) is 4.54. The summed E-state index contributed by atoms with van der Waals surface area (Å²) in [7, 11) is 2.01. The number of carbonyl (C=O) groups excluding carboxylic acids is 1. The van der Waals surface area contributed by atoms with Crippen molar-refractivity contribution in [2.75, 3.05) is 20.1 Å². The Bertz CT molecular complexity index is 698. The maximum atomic E-state index is 12.4. The molecule has 3 fully saturated rings. The first-order valence-electron chi connectivity index (χ1n) is 11.3. The van der Waals surface area contributed by atoms with Gasteiger partial charge in [0, 0.05) is 19.5 Å². The summed E-state index contributed by atoms with van der Waals surface area (Å²) in [6.45, 7) is 2.50. The molecule has 0 N–H and O–H groups in total. The number of rotatable bonds is 1. The van der Waals surface area contributed by atoms with E-state index in [4.69, 9.17) is 0 Å². The van der Waals surface area contributed by atoms with Crippen LogP contribution >= 0.6 is 0 Å². The number of likely N-dealkylation sites (tertiary alicyclic amines) is 2. The molecule has 1 aromatic carbocycles. The van der Waals surface area contributed by atoms with E-state index in [2.05, 4.69) is 29.2 Å². The highest BCUT2D eigenvalue weighted by atomic mass is 16.2. The van der Waals surface area contributed by atoms with E-state index in [-0.39, 0.29) is 0 Å². The van der Waals surface area contributed by atoms with E-state index in [0.29, 0.717) is 23.3 Å². The molecule has 1 spiro atoms. The summed E-state index contributed by atoms with van der Waals surface area (Å²) in [5.41, 5.74) is 3.32. The van der Waals surface area contributed by atoms with Crippen LogP contribution in [-0.4, -0.2) is 41.9 Å². The van der Waals surface area contributed by atoms with Gasteiger partial charge in [-0.25, -0.2) is 0 Å². The van der Waals surface area contributed by atoms with Gasteiger partial charge in [-0.15, -0.1) is 0 Å². The standard InChI is InChI=1S/C24H34N2O/c1-25-22(27)16-18-17-24(21-11-7-6-10-20(21)23(18)25)12-14-26(15-13-24)19-8-4-2-3-5-9-19/h6-7,10-11,18-19,23H,2-5,8-9,12-17H2,1H3/t18-,23?/m1/s1. The zero-order valence-electron chi connectivity index (χ0n) is 16.8. The highest BCUT2D eigenvalue weighted by Crippen LogP contribution is 2.55. The second-order valence-electron chi connectivity index (χ2n) is 9.67. The van der Waals surface area contributed by atoms with Crippen LogP contribution < -0.4 is 0 Å².